The van der Waals surface area contributed by atoms with E-state index in [0.717, 1.165) is 66.9 Å². The topological polar surface area (TPSA) is 63.2 Å². The van der Waals surface area contributed by atoms with Crippen LogP contribution in [0.4, 0.5) is 5.95 Å². The summed E-state index contributed by atoms with van der Waals surface area (Å²) in [6, 6.07) is 2.10. The first-order chi connectivity index (χ1) is 12.8. The molecule has 6 nitrogen and oxygen atoms in total. The van der Waals surface area contributed by atoms with Crippen LogP contribution in [-0.2, 0) is 4.74 Å². The quantitative estimate of drug-likeness (QED) is 0.700. The third kappa shape index (κ3) is 4.09. The SMILES string of the molecule is Cc1csc(-c2nc(NCCN3CCOCC3)ncc2-c2ccsc2)n1. The van der Waals surface area contributed by atoms with Crippen LogP contribution in [0.5, 0.6) is 0 Å². The maximum absolute atomic E-state index is 5.39. The molecule has 0 radical (unpaired) electrons. The van der Waals surface area contributed by atoms with E-state index in [1.807, 2.05) is 13.1 Å². The fourth-order valence-corrected chi connectivity index (χ4v) is 4.33. The second-order valence-corrected chi connectivity index (χ2v) is 7.78. The van der Waals surface area contributed by atoms with E-state index >= 15 is 0 Å². The second kappa shape index (κ2) is 8.22. The molecule has 8 heteroatoms. The first-order valence-electron chi connectivity index (χ1n) is 8.66. The Morgan fingerprint density at radius 3 is 2.85 bits per heavy atom. The maximum Gasteiger partial charge on any atom is 0.223 e. The van der Waals surface area contributed by atoms with Gasteiger partial charge in [-0.15, -0.1) is 11.3 Å². The zero-order valence-corrected chi connectivity index (χ0v) is 16.3. The lowest BCUT2D eigenvalue weighted by Gasteiger charge is -2.26. The highest BCUT2D eigenvalue weighted by molar-refractivity contribution is 7.13. The average Bonchev–Trinajstić information content (AvgIpc) is 3.34. The van der Waals surface area contributed by atoms with Crippen molar-refractivity contribution in [3.05, 3.63) is 34.1 Å². The molecule has 0 spiro atoms. The molecule has 0 aromatic carbocycles. The molecule has 1 saturated heterocycles. The van der Waals surface area contributed by atoms with Gasteiger partial charge in [-0.05, 0) is 29.3 Å². The van der Waals surface area contributed by atoms with Crippen molar-refractivity contribution >= 4 is 28.6 Å². The maximum atomic E-state index is 5.39. The highest BCUT2D eigenvalue weighted by Crippen LogP contribution is 2.33. The van der Waals surface area contributed by atoms with Gasteiger partial charge in [0, 0.05) is 49.0 Å². The predicted molar refractivity (Wildman–Crippen MR) is 107 cm³/mol. The summed E-state index contributed by atoms with van der Waals surface area (Å²) in [5.41, 5.74) is 4.07. The van der Waals surface area contributed by atoms with Gasteiger partial charge < -0.3 is 10.1 Å². The van der Waals surface area contributed by atoms with Gasteiger partial charge in [-0.25, -0.2) is 15.0 Å². The third-order valence-electron chi connectivity index (χ3n) is 4.26. The zero-order chi connectivity index (χ0) is 17.8. The van der Waals surface area contributed by atoms with E-state index in [1.54, 1.807) is 22.7 Å². The summed E-state index contributed by atoms with van der Waals surface area (Å²) in [5, 5.41) is 10.5. The fourth-order valence-electron chi connectivity index (χ4n) is 2.87. The molecule has 0 saturated carbocycles. The molecule has 3 aromatic heterocycles. The summed E-state index contributed by atoms with van der Waals surface area (Å²) in [7, 11) is 0. The lowest BCUT2D eigenvalue weighted by molar-refractivity contribution is 0.0398. The standard InChI is InChI=1S/C18H21N5OS2/c1-13-11-26-17(21-13)16-15(14-2-9-25-12-14)10-20-18(22-16)19-3-4-23-5-7-24-8-6-23/h2,9-12H,3-8H2,1H3,(H,19,20,22). The number of morpholine rings is 1. The number of aryl methyl sites for hydroxylation is 1. The van der Waals surface area contributed by atoms with Gasteiger partial charge in [0.2, 0.25) is 5.95 Å². The molecule has 0 amide bonds. The number of thiazole rings is 1. The molecular weight excluding hydrogens is 366 g/mol. The van der Waals surface area contributed by atoms with Crippen molar-refractivity contribution in [1.82, 2.24) is 19.9 Å². The third-order valence-corrected chi connectivity index (χ3v) is 5.91. The minimum Gasteiger partial charge on any atom is -0.379 e. The molecule has 0 aliphatic carbocycles. The van der Waals surface area contributed by atoms with Crippen LogP contribution in [0, 0.1) is 6.92 Å². The Labute approximate surface area is 160 Å². The number of ether oxygens (including phenoxy) is 1. The van der Waals surface area contributed by atoms with Crippen LogP contribution in [-0.4, -0.2) is 59.2 Å². The van der Waals surface area contributed by atoms with Crippen molar-refractivity contribution in [3.63, 3.8) is 0 Å². The van der Waals surface area contributed by atoms with E-state index in [9.17, 15) is 0 Å². The minimum absolute atomic E-state index is 0.653. The molecule has 4 heterocycles. The van der Waals surface area contributed by atoms with Gasteiger partial charge in [0.05, 0.1) is 13.2 Å². The summed E-state index contributed by atoms with van der Waals surface area (Å²) >= 11 is 3.29. The fraction of sp³-hybridized carbons (Fsp3) is 0.389. The number of aromatic nitrogens is 3. The molecule has 3 aromatic rings. The normalized spacial score (nSPS) is 15.3. The Balaban J connectivity index is 1.53. The number of rotatable bonds is 6. The molecule has 0 unspecified atom stereocenters. The summed E-state index contributed by atoms with van der Waals surface area (Å²) in [4.78, 5) is 16.3. The van der Waals surface area contributed by atoms with Crippen molar-refractivity contribution in [1.29, 1.82) is 0 Å². The first kappa shape index (κ1) is 17.5. The van der Waals surface area contributed by atoms with Gasteiger partial charge in [-0.3, -0.25) is 4.90 Å². The highest BCUT2D eigenvalue weighted by atomic mass is 32.1. The van der Waals surface area contributed by atoms with Crippen LogP contribution in [0.3, 0.4) is 0 Å². The summed E-state index contributed by atoms with van der Waals surface area (Å²) in [6.45, 7) is 7.40. The number of hydrogen-bond acceptors (Lipinski definition) is 8. The number of hydrogen-bond donors (Lipinski definition) is 1. The van der Waals surface area contributed by atoms with Crippen LogP contribution >= 0.6 is 22.7 Å². The smallest absolute Gasteiger partial charge is 0.223 e. The predicted octanol–water partition coefficient (Wildman–Crippen LogP) is 3.38. The molecular formula is C18H21N5OS2. The van der Waals surface area contributed by atoms with Crippen molar-refractivity contribution in [2.75, 3.05) is 44.7 Å². The summed E-state index contributed by atoms with van der Waals surface area (Å²) < 4.78 is 5.39. The highest BCUT2D eigenvalue weighted by Gasteiger charge is 2.15. The second-order valence-electron chi connectivity index (χ2n) is 6.14. The van der Waals surface area contributed by atoms with Crippen LogP contribution < -0.4 is 5.32 Å². The Kier molecular flexibility index (Phi) is 5.54. The van der Waals surface area contributed by atoms with E-state index in [2.05, 4.69) is 42.4 Å². The van der Waals surface area contributed by atoms with Crippen LogP contribution in [0.15, 0.2) is 28.4 Å². The monoisotopic (exact) mass is 387 g/mol. The van der Waals surface area contributed by atoms with E-state index in [1.165, 1.54) is 0 Å². The Bertz CT molecular complexity index is 843. The average molecular weight is 388 g/mol. The first-order valence-corrected chi connectivity index (χ1v) is 10.5. The zero-order valence-electron chi connectivity index (χ0n) is 14.6. The van der Waals surface area contributed by atoms with Crippen molar-refractivity contribution < 1.29 is 4.74 Å². The molecule has 1 aliphatic heterocycles. The van der Waals surface area contributed by atoms with Gasteiger partial charge in [0.25, 0.3) is 0 Å². The van der Waals surface area contributed by atoms with Gasteiger partial charge in [-0.2, -0.15) is 11.3 Å². The van der Waals surface area contributed by atoms with E-state index < -0.39 is 0 Å². The van der Waals surface area contributed by atoms with Gasteiger partial charge in [-0.1, -0.05) is 0 Å². The lowest BCUT2D eigenvalue weighted by Crippen LogP contribution is -2.39. The van der Waals surface area contributed by atoms with Crippen LogP contribution in [0.1, 0.15) is 5.69 Å². The Morgan fingerprint density at radius 2 is 2.12 bits per heavy atom. The molecule has 0 bridgehead atoms. The molecule has 1 N–H and O–H groups in total. The van der Waals surface area contributed by atoms with Crippen LogP contribution in [0.2, 0.25) is 0 Å². The Morgan fingerprint density at radius 1 is 1.23 bits per heavy atom. The van der Waals surface area contributed by atoms with E-state index in [0.29, 0.717) is 5.95 Å². The largest absolute Gasteiger partial charge is 0.379 e. The minimum atomic E-state index is 0.653. The number of nitrogens with one attached hydrogen (secondary N) is 1. The van der Waals surface area contributed by atoms with Crippen molar-refractivity contribution in [3.8, 4) is 21.8 Å². The molecule has 1 aliphatic rings. The molecule has 136 valence electrons. The molecule has 0 atom stereocenters. The Hall–Kier alpha value is -1.87. The summed E-state index contributed by atoms with van der Waals surface area (Å²) in [6.07, 6.45) is 1.90. The van der Waals surface area contributed by atoms with Gasteiger partial charge in [0.1, 0.15) is 10.7 Å². The van der Waals surface area contributed by atoms with E-state index in [4.69, 9.17) is 9.72 Å². The molecule has 1 fully saturated rings. The number of anilines is 1. The van der Waals surface area contributed by atoms with Gasteiger partial charge in [0.15, 0.2) is 0 Å². The molecule has 4 rings (SSSR count). The van der Waals surface area contributed by atoms with Crippen molar-refractivity contribution in [2.45, 2.75) is 6.92 Å². The summed E-state index contributed by atoms with van der Waals surface area (Å²) in [5.74, 6) is 0.653. The molecule has 26 heavy (non-hydrogen) atoms. The lowest BCUT2D eigenvalue weighted by atomic mass is 10.1. The van der Waals surface area contributed by atoms with Crippen LogP contribution in [0.25, 0.3) is 21.8 Å². The van der Waals surface area contributed by atoms with Crippen molar-refractivity contribution in [2.24, 2.45) is 0 Å². The van der Waals surface area contributed by atoms with E-state index in [-0.39, 0.29) is 0 Å². The number of nitrogens with zero attached hydrogens (tertiary/aromatic N) is 4. The van der Waals surface area contributed by atoms with Gasteiger partial charge >= 0.3 is 0 Å². The number of thiophene rings is 1.